The SMILES string of the molecule is CC(C)COCC(O)CN(Cc1ccc(F)cc1)CC1CC(c2ccc(F)cc2)=NO1. The van der Waals surface area contributed by atoms with Crippen LogP contribution in [0.15, 0.2) is 53.7 Å². The molecule has 31 heavy (non-hydrogen) atoms. The molecule has 0 saturated heterocycles. The number of halogens is 2. The molecule has 1 heterocycles. The number of oxime groups is 1. The van der Waals surface area contributed by atoms with E-state index in [9.17, 15) is 13.9 Å². The molecule has 0 saturated carbocycles. The summed E-state index contributed by atoms with van der Waals surface area (Å²) in [6.45, 7) is 6.42. The number of benzene rings is 2. The first-order valence-corrected chi connectivity index (χ1v) is 10.6. The maximum absolute atomic E-state index is 13.3. The van der Waals surface area contributed by atoms with Crippen molar-refractivity contribution in [2.24, 2.45) is 11.1 Å². The van der Waals surface area contributed by atoms with E-state index in [1.165, 1.54) is 24.3 Å². The highest BCUT2D eigenvalue weighted by molar-refractivity contribution is 6.01. The van der Waals surface area contributed by atoms with Crippen molar-refractivity contribution in [2.75, 3.05) is 26.3 Å². The van der Waals surface area contributed by atoms with Gasteiger partial charge in [0.1, 0.15) is 17.7 Å². The van der Waals surface area contributed by atoms with Crippen molar-refractivity contribution in [2.45, 2.75) is 39.0 Å². The summed E-state index contributed by atoms with van der Waals surface area (Å²) in [5, 5.41) is 14.6. The lowest BCUT2D eigenvalue weighted by atomic mass is 10.0. The third-order valence-electron chi connectivity index (χ3n) is 4.92. The highest BCUT2D eigenvalue weighted by Crippen LogP contribution is 2.19. The zero-order valence-electron chi connectivity index (χ0n) is 18.0. The number of ether oxygens (including phenoxy) is 1. The Kier molecular flexibility index (Phi) is 8.51. The Labute approximate surface area is 182 Å². The van der Waals surface area contributed by atoms with E-state index in [1.807, 2.05) is 0 Å². The molecule has 0 amide bonds. The first kappa shape index (κ1) is 23.3. The molecule has 0 spiro atoms. The Morgan fingerprint density at radius 2 is 1.71 bits per heavy atom. The van der Waals surface area contributed by atoms with Crippen LogP contribution < -0.4 is 0 Å². The van der Waals surface area contributed by atoms with Gasteiger partial charge in [-0.2, -0.15) is 0 Å². The Balaban J connectivity index is 1.59. The molecule has 2 aromatic carbocycles. The van der Waals surface area contributed by atoms with Crippen LogP contribution in [0.5, 0.6) is 0 Å². The number of aliphatic hydroxyl groups is 1. The van der Waals surface area contributed by atoms with Crippen molar-refractivity contribution in [1.29, 1.82) is 0 Å². The molecule has 168 valence electrons. The zero-order valence-corrected chi connectivity index (χ0v) is 18.0. The second-order valence-corrected chi connectivity index (χ2v) is 8.38. The van der Waals surface area contributed by atoms with Crippen molar-refractivity contribution < 1.29 is 23.5 Å². The van der Waals surface area contributed by atoms with Crippen LogP contribution >= 0.6 is 0 Å². The minimum atomic E-state index is -0.655. The van der Waals surface area contributed by atoms with Gasteiger partial charge in [0, 0.05) is 32.7 Å². The van der Waals surface area contributed by atoms with Crippen molar-refractivity contribution >= 4 is 5.71 Å². The average molecular weight is 433 g/mol. The molecule has 0 fully saturated rings. The largest absolute Gasteiger partial charge is 0.390 e. The summed E-state index contributed by atoms with van der Waals surface area (Å²) in [6.07, 6.45) is -0.256. The van der Waals surface area contributed by atoms with Gasteiger partial charge in [0.2, 0.25) is 0 Å². The molecule has 5 nitrogen and oxygen atoms in total. The molecule has 0 aliphatic carbocycles. The van der Waals surface area contributed by atoms with Crippen LogP contribution in [0.4, 0.5) is 8.78 Å². The van der Waals surface area contributed by atoms with Crippen molar-refractivity contribution in [3.8, 4) is 0 Å². The van der Waals surface area contributed by atoms with E-state index in [1.54, 1.807) is 24.3 Å². The molecule has 2 aromatic rings. The van der Waals surface area contributed by atoms with Crippen LogP contribution in [0.2, 0.25) is 0 Å². The fourth-order valence-electron chi connectivity index (χ4n) is 3.47. The van der Waals surface area contributed by atoms with Gasteiger partial charge in [-0.15, -0.1) is 0 Å². The van der Waals surface area contributed by atoms with Gasteiger partial charge in [-0.1, -0.05) is 43.3 Å². The van der Waals surface area contributed by atoms with Gasteiger partial charge in [-0.05, 0) is 41.3 Å². The zero-order chi connectivity index (χ0) is 22.2. The van der Waals surface area contributed by atoms with E-state index in [0.29, 0.717) is 38.6 Å². The molecule has 1 N–H and O–H groups in total. The summed E-state index contributed by atoms with van der Waals surface area (Å²) in [7, 11) is 0. The molecule has 0 bridgehead atoms. The van der Waals surface area contributed by atoms with E-state index in [0.717, 1.165) is 16.8 Å². The van der Waals surface area contributed by atoms with Crippen LogP contribution in [0.1, 0.15) is 31.4 Å². The first-order chi connectivity index (χ1) is 14.9. The van der Waals surface area contributed by atoms with Gasteiger partial charge in [0.05, 0.1) is 18.4 Å². The van der Waals surface area contributed by atoms with E-state index >= 15 is 0 Å². The summed E-state index contributed by atoms with van der Waals surface area (Å²) in [6, 6.07) is 12.5. The van der Waals surface area contributed by atoms with Crippen LogP contribution in [-0.4, -0.2) is 54.2 Å². The quantitative estimate of drug-likeness (QED) is 0.583. The first-order valence-electron chi connectivity index (χ1n) is 10.6. The summed E-state index contributed by atoms with van der Waals surface area (Å²) in [4.78, 5) is 7.67. The smallest absolute Gasteiger partial charge is 0.145 e. The van der Waals surface area contributed by atoms with Gasteiger partial charge < -0.3 is 14.7 Å². The van der Waals surface area contributed by atoms with Crippen LogP contribution in [0.25, 0.3) is 0 Å². The minimum absolute atomic E-state index is 0.190. The standard InChI is InChI=1S/C24H30F2N2O3/c1-17(2)15-30-16-22(29)13-28(12-18-3-7-20(25)8-4-18)14-23-11-24(27-31-23)19-5-9-21(26)10-6-19/h3-10,17,22-23,29H,11-16H2,1-2H3. The fraction of sp³-hybridized carbons (Fsp3) is 0.458. The highest BCUT2D eigenvalue weighted by atomic mass is 19.1. The van der Waals surface area contributed by atoms with Crippen molar-refractivity contribution in [3.05, 3.63) is 71.3 Å². The summed E-state index contributed by atoms with van der Waals surface area (Å²) < 4.78 is 32.0. The number of hydrogen-bond donors (Lipinski definition) is 1. The van der Waals surface area contributed by atoms with Crippen molar-refractivity contribution in [1.82, 2.24) is 4.90 Å². The van der Waals surface area contributed by atoms with Crippen LogP contribution in [0, 0.1) is 17.6 Å². The topological polar surface area (TPSA) is 54.3 Å². The Hall–Kier alpha value is -2.35. The number of aliphatic hydroxyl groups excluding tert-OH is 1. The van der Waals surface area contributed by atoms with Gasteiger partial charge in [-0.3, -0.25) is 4.90 Å². The van der Waals surface area contributed by atoms with E-state index in [-0.39, 0.29) is 24.3 Å². The maximum Gasteiger partial charge on any atom is 0.145 e. The van der Waals surface area contributed by atoms with E-state index in [2.05, 4.69) is 23.9 Å². The molecule has 2 atom stereocenters. The molecule has 1 aliphatic rings. The Bertz CT molecular complexity index is 841. The van der Waals surface area contributed by atoms with E-state index < -0.39 is 6.10 Å². The van der Waals surface area contributed by atoms with Gasteiger partial charge >= 0.3 is 0 Å². The molecular formula is C24H30F2N2O3. The maximum atomic E-state index is 13.3. The fourth-order valence-corrected chi connectivity index (χ4v) is 3.47. The van der Waals surface area contributed by atoms with E-state index in [4.69, 9.17) is 9.57 Å². The molecule has 1 aliphatic heterocycles. The van der Waals surface area contributed by atoms with Crippen molar-refractivity contribution in [3.63, 3.8) is 0 Å². The predicted octanol–water partition coefficient (Wildman–Crippen LogP) is 3.99. The predicted molar refractivity (Wildman–Crippen MR) is 116 cm³/mol. The number of hydrogen-bond acceptors (Lipinski definition) is 5. The molecular weight excluding hydrogens is 402 g/mol. The lowest BCUT2D eigenvalue weighted by Crippen LogP contribution is -2.39. The number of rotatable bonds is 11. The third-order valence-corrected chi connectivity index (χ3v) is 4.92. The lowest BCUT2D eigenvalue weighted by Gasteiger charge is -2.27. The molecule has 2 unspecified atom stereocenters. The van der Waals surface area contributed by atoms with Gasteiger partial charge in [-0.25, -0.2) is 8.78 Å². The highest BCUT2D eigenvalue weighted by Gasteiger charge is 2.26. The molecule has 0 radical (unpaired) electrons. The average Bonchev–Trinajstić information content (AvgIpc) is 3.18. The minimum Gasteiger partial charge on any atom is -0.390 e. The van der Waals surface area contributed by atoms with Crippen LogP contribution in [-0.2, 0) is 16.1 Å². The van der Waals surface area contributed by atoms with Gasteiger partial charge in [0.15, 0.2) is 0 Å². The second-order valence-electron chi connectivity index (χ2n) is 8.38. The Morgan fingerprint density at radius 1 is 1.06 bits per heavy atom. The normalized spacial score (nSPS) is 17.1. The monoisotopic (exact) mass is 432 g/mol. The molecule has 7 heteroatoms. The Morgan fingerprint density at radius 3 is 2.35 bits per heavy atom. The van der Waals surface area contributed by atoms with Gasteiger partial charge in [0.25, 0.3) is 0 Å². The summed E-state index contributed by atoms with van der Waals surface area (Å²) in [5.74, 6) is -0.177. The third kappa shape index (κ3) is 7.69. The summed E-state index contributed by atoms with van der Waals surface area (Å²) >= 11 is 0. The lowest BCUT2D eigenvalue weighted by molar-refractivity contribution is -0.00734. The summed E-state index contributed by atoms with van der Waals surface area (Å²) in [5.41, 5.74) is 2.54. The second kappa shape index (κ2) is 11.3. The number of nitrogens with zero attached hydrogens (tertiary/aromatic N) is 2. The molecule has 0 aromatic heterocycles. The molecule has 3 rings (SSSR count). The van der Waals surface area contributed by atoms with Crippen LogP contribution in [0.3, 0.4) is 0 Å².